The molecule has 0 aliphatic heterocycles. The van der Waals surface area contributed by atoms with E-state index in [0.717, 1.165) is 21.5 Å². The number of aromatic nitrogens is 4. The van der Waals surface area contributed by atoms with E-state index >= 15 is 0 Å². The minimum absolute atomic E-state index is 0.335. The predicted octanol–water partition coefficient (Wildman–Crippen LogP) is 4.42. The van der Waals surface area contributed by atoms with Crippen LogP contribution in [0.2, 0.25) is 0 Å². The van der Waals surface area contributed by atoms with Crippen molar-refractivity contribution >= 4 is 33.7 Å². The summed E-state index contributed by atoms with van der Waals surface area (Å²) in [4.78, 5) is 28.3. The zero-order chi connectivity index (χ0) is 18.9. The monoisotopic (exact) mass is 386 g/mol. The summed E-state index contributed by atoms with van der Waals surface area (Å²) in [6, 6.07) is 17.5. The Hall–Kier alpha value is -3.45. The van der Waals surface area contributed by atoms with Gasteiger partial charge in [-0.25, -0.2) is 19.7 Å². The number of nitrogens with zero attached hydrogens (tertiary/aromatic N) is 3. The van der Waals surface area contributed by atoms with Crippen LogP contribution in [0.4, 0.5) is 0 Å². The average molecular weight is 386 g/mol. The third kappa shape index (κ3) is 2.86. The highest BCUT2D eigenvalue weighted by Crippen LogP contribution is 2.34. The fourth-order valence-corrected chi connectivity index (χ4v) is 4.13. The molecule has 0 fully saturated rings. The molecule has 0 atom stereocenters. The molecule has 5 rings (SSSR count). The molecule has 5 aromatic rings. The molecule has 0 aliphatic carbocycles. The van der Waals surface area contributed by atoms with E-state index in [2.05, 4.69) is 19.9 Å². The van der Waals surface area contributed by atoms with Crippen molar-refractivity contribution in [1.82, 2.24) is 19.9 Å². The molecule has 0 radical (unpaired) electrons. The molecule has 0 spiro atoms. The molecule has 28 heavy (non-hydrogen) atoms. The van der Waals surface area contributed by atoms with Gasteiger partial charge < -0.3 is 9.40 Å². The molecule has 0 unspecified atom stereocenters. The van der Waals surface area contributed by atoms with E-state index in [1.165, 1.54) is 18.1 Å². The van der Waals surface area contributed by atoms with Crippen LogP contribution in [0.1, 0.15) is 5.76 Å². The van der Waals surface area contributed by atoms with Gasteiger partial charge in [0.1, 0.15) is 22.6 Å². The van der Waals surface area contributed by atoms with Crippen molar-refractivity contribution in [2.45, 2.75) is 10.8 Å². The van der Waals surface area contributed by atoms with Gasteiger partial charge in [0.25, 0.3) is 0 Å². The van der Waals surface area contributed by atoms with E-state index in [0.29, 0.717) is 28.1 Å². The van der Waals surface area contributed by atoms with Crippen molar-refractivity contribution in [3.63, 3.8) is 0 Å². The van der Waals surface area contributed by atoms with E-state index in [1.54, 1.807) is 12.4 Å². The highest BCUT2D eigenvalue weighted by molar-refractivity contribution is 7.98. The lowest BCUT2D eigenvalue weighted by Gasteiger charge is -2.11. The summed E-state index contributed by atoms with van der Waals surface area (Å²) in [5.41, 5.74) is 2.98. The fraction of sp³-hybridized carbons (Fsp3) is 0.0476. The maximum Gasteiger partial charge on any atom is 0.343 e. The van der Waals surface area contributed by atoms with Gasteiger partial charge in [0.15, 0.2) is 5.65 Å². The Balaban J connectivity index is 1.64. The van der Waals surface area contributed by atoms with Crippen LogP contribution in [-0.4, -0.2) is 19.9 Å². The number of hydrogen-bond donors (Lipinski definition) is 1. The molecule has 3 aromatic heterocycles. The third-order valence-electron chi connectivity index (χ3n) is 4.50. The van der Waals surface area contributed by atoms with Crippen LogP contribution >= 0.6 is 11.8 Å². The van der Waals surface area contributed by atoms with Gasteiger partial charge in [-0.2, -0.15) is 0 Å². The van der Waals surface area contributed by atoms with Crippen molar-refractivity contribution in [2.75, 3.05) is 0 Å². The summed E-state index contributed by atoms with van der Waals surface area (Å²) in [7, 11) is 0. The highest BCUT2D eigenvalue weighted by Gasteiger charge is 2.17. The normalized spacial score (nSPS) is 11.3. The van der Waals surface area contributed by atoms with E-state index in [1.807, 2.05) is 48.5 Å². The SMILES string of the molecule is O=c1oc(CSc2ncnc3[nH]cnc23)c(-c2ccccc2)c2ccccc12. The van der Waals surface area contributed by atoms with Crippen LogP contribution < -0.4 is 5.63 Å². The summed E-state index contributed by atoms with van der Waals surface area (Å²) in [5, 5.41) is 2.20. The number of fused-ring (bicyclic) bond motifs is 2. The van der Waals surface area contributed by atoms with E-state index < -0.39 is 0 Å². The lowest BCUT2D eigenvalue weighted by atomic mass is 9.99. The Labute approximate surface area is 163 Å². The molecule has 0 amide bonds. The van der Waals surface area contributed by atoms with Gasteiger partial charge >= 0.3 is 5.63 Å². The molecule has 1 N–H and O–H groups in total. The predicted molar refractivity (Wildman–Crippen MR) is 109 cm³/mol. The number of thioether (sulfide) groups is 1. The quantitative estimate of drug-likeness (QED) is 0.364. The molecule has 0 aliphatic rings. The number of aromatic amines is 1. The zero-order valence-electron chi connectivity index (χ0n) is 14.6. The summed E-state index contributed by atoms with van der Waals surface area (Å²) in [5.74, 6) is 1.06. The Bertz CT molecular complexity index is 1350. The maximum atomic E-state index is 12.5. The molecule has 3 heterocycles. The first-order valence-corrected chi connectivity index (χ1v) is 9.67. The second-order valence-corrected chi connectivity index (χ2v) is 7.13. The van der Waals surface area contributed by atoms with Crippen molar-refractivity contribution in [3.05, 3.63) is 83.4 Å². The molecular weight excluding hydrogens is 372 g/mol. The summed E-state index contributed by atoms with van der Waals surface area (Å²) >= 11 is 1.47. The van der Waals surface area contributed by atoms with Gasteiger partial charge in [-0.05, 0) is 11.6 Å². The number of imidazole rings is 1. The molecule has 0 saturated carbocycles. The standard InChI is InChI=1S/C21H14N4O2S/c26-21-15-9-5-4-8-14(15)17(13-6-2-1-3-7-13)16(27-21)10-28-20-18-19(23-11-22-18)24-12-25-20/h1-9,11-12H,10H2,(H,22,23,24,25). The Morgan fingerprint density at radius 1 is 0.929 bits per heavy atom. The average Bonchev–Trinajstić information content (AvgIpc) is 3.22. The van der Waals surface area contributed by atoms with Crippen molar-refractivity contribution in [3.8, 4) is 11.1 Å². The number of hydrogen-bond acceptors (Lipinski definition) is 6. The van der Waals surface area contributed by atoms with Crippen LogP contribution in [0.15, 0.2) is 81.5 Å². The lowest BCUT2D eigenvalue weighted by molar-refractivity contribution is 0.487. The smallest absolute Gasteiger partial charge is 0.343 e. The van der Waals surface area contributed by atoms with Crippen LogP contribution in [-0.2, 0) is 5.75 Å². The van der Waals surface area contributed by atoms with Crippen LogP contribution in [0.25, 0.3) is 33.1 Å². The van der Waals surface area contributed by atoms with Crippen LogP contribution in [0.5, 0.6) is 0 Å². The van der Waals surface area contributed by atoms with Gasteiger partial charge in [0.05, 0.1) is 17.5 Å². The third-order valence-corrected chi connectivity index (χ3v) is 5.48. The zero-order valence-corrected chi connectivity index (χ0v) is 15.4. The lowest BCUT2D eigenvalue weighted by Crippen LogP contribution is -2.04. The number of rotatable bonds is 4. The minimum atomic E-state index is -0.335. The second-order valence-electron chi connectivity index (χ2n) is 6.17. The van der Waals surface area contributed by atoms with Crippen molar-refractivity contribution < 1.29 is 4.42 Å². The van der Waals surface area contributed by atoms with Crippen LogP contribution in [0, 0.1) is 0 Å². The highest BCUT2D eigenvalue weighted by atomic mass is 32.2. The second kappa shape index (κ2) is 6.94. The first-order valence-electron chi connectivity index (χ1n) is 8.68. The fourth-order valence-electron chi connectivity index (χ4n) is 3.25. The Kier molecular flexibility index (Phi) is 4.14. The van der Waals surface area contributed by atoms with Crippen molar-refractivity contribution in [1.29, 1.82) is 0 Å². The molecule has 7 heteroatoms. The van der Waals surface area contributed by atoms with Gasteiger partial charge in [-0.1, -0.05) is 60.3 Å². The van der Waals surface area contributed by atoms with Gasteiger partial charge in [0.2, 0.25) is 0 Å². The topological polar surface area (TPSA) is 84.7 Å². The maximum absolute atomic E-state index is 12.5. The summed E-state index contributed by atoms with van der Waals surface area (Å²) < 4.78 is 5.74. The first-order chi connectivity index (χ1) is 13.8. The minimum Gasteiger partial charge on any atom is -0.426 e. The van der Waals surface area contributed by atoms with Gasteiger partial charge in [0, 0.05) is 10.9 Å². The van der Waals surface area contributed by atoms with Crippen molar-refractivity contribution in [2.24, 2.45) is 0 Å². The summed E-state index contributed by atoms with van der Waals surface area (Å²) in [6.07, 6.45) is 3.09. The Morgan fingerprint density at radius 2 is 1.71 bits per heavy atom. The molecular formula is C21H14N4O2S. The number of benzene rings is 2. The van der Waals surface area contributed by atoms with Crippen LogP contribution in [0.3, 0.4) is 0 Å². The largest absolute Gasteiger partial charge is 0.426 e. The van der Waals surface area contributed by atoms with E-state index in [9.17, 15) is 4.79 Å². The molecule has 0 bridgehead atoms. The van der Waals surface area contributed by atoms with E-state index in [4.69, 9.17) is 4.42 Å². The van der Waals surface area contributed by atoms with E-state index in [-0.39, 0.29) is 5.63 Å². The number of nitrogens with one attached hydrogen (secondary N) is 1. The molecule has 136 valence electrons. The summed E-state index contributed by atoms with van der Waals surface area (Å²) in [6.45, 7) is 0. The molecule has 6 nitrogen and oxygen atoms in total. The van der Waals surface area contributed by atoms with Gasteiger partial charge in [-0.15, -0.1) is 0 Å². The molecule has 0 saturated heterocycles. The van der Waals surface area contributed by atoms with Gasteiger partial charge in [-0.3, -0.25) is 0 Å². The molecule has 2 aromatic carbocycles. The first kappa shape index (κ1) is 16.7. The Morgan fingerprint density at radius 3 is 2.57 bits per heavy atom. The number of H-pyrrole nitrogens is 1.